The van der Waals surface area contributed by atoms with Gasteiger partial charge in [-0.15, -0.1) is 0 Å². The van der Waals surface area contributed by atoms with Gasteiger partial charge < -0.3 is 9.88 Å². The fraction of sp³-hybridized carbons (Fsp3) is 0.308. The molecule has 102 valence electrons. The molecule has 2 aromatic rings. The van der Waals surface area contributed by atoms with Gasteiger partial charge in [0, 0.05) is 26.3 Å². The third-order valence-electron chi connectivity index (χ3n) is 2.81. The van der Waals surface area contributed by atoms with Crippen LogP contribution < -0.4 is 5.32 Å². The summed E-state index contributed by atoms with van der Waals surface area (Å²) in [5.74, 6) is 0. The van der Waals surface area contributed by atoms with E-state index in [1.54, 1.807) is 18.6 Å². The van der Waals surface area contributed by atoms with Gasteiger partial charge in [-0.25, -0.2) is 4.98 Å². The van der Waals surface area contributed by atoms with Gasteiger partial charge in [0.2, 0.25) is 0 Å². The van der Waals surface area contributed by atoms with Gasteiger partial charge in [-0.3, -0.25) is 0 Å². The highest BCUT2D eigenvalue weighted by Gasteiger charge is 2.30. The number of alkyl halides is 3. The molecule has 0 unspecified atom stereocenters. The zero-order chi connectivity index (χ0) is 13.9. The van der Waals surface area contributed by atoms with Crippen LogP contribution in [0.25, 0.3) is 0 Å². The lowest BCUT2D eigenvalue weighted by atomic mass is 10.1. The first-order chi connectivity index (χ1) is 8.97. The number of rotatable bonds is 4. The predicted molar refractivity (Wildman–Crippen MR) is 65.2 cm³/mol. The SMILES string of the molecule is Cn1cncc1CNCc1cccc(C(F)(F)F)c1. The van der Waals surface area contributed by atoms with Crippen LogP contribution in [0, 0.1) is 0 Å². The fourth-order valence-electron chi connectivity index (χ4n) is 1.75. The van der Waals surface area contributed by atoms with Gasteiger partial charge in [0.25, 0.3) is 0 Å². The number of hydrogen-bond acceptors (Lipinski definition) is 2. The number of aromatic nitrogens is 2. The second-order valence-electron chi connectivity index (χ2n) is 4.30. The molecule has 0 amide bonds. The molecule has 0 spiro atoms. The van der Waals surface area contributed by atoms with Crippen LogP contribution in [0.3, 0.4) is 0 Å². The van der Waals surface area contributed by atoms with Crippen LogP contribution in [0.2, 0.25) is 0 Å². The van der Waals surface area contributed by atoms with E-state index in [2.05, 4.69) is 10.3 Å². The molecule has 0 aliphatic carbocycles. The Morgan fingerprint density at radius 2 is 2.05 bits per heavy atom. The first-order valence-corrected chi connectivity index (χ1v) is 5.79. The molecule has 0 aliphatic rings. The lowest BCUT2D eigenvalue weighted by Gasteiger charge is -2.09. The van der Waals surface area contributed by atoms with Crippen molar-refractivity contribution >= 4 is 0 Å². The Morgan fingerprint density at radius 1 is 1.26 bits per heavy atom. The molecule has 19 heavy (non-hydrogen) atoms. The maximum atomic E-state index is 12.5. The number of nitrogens with one attached hydrogen (secondary N) is 1. The molecule has 0 atom stereocenters. The molecule has 1 aromatic heterocycles. The minimum absolute atomic E-state index is 0.384. The molecule has 6 heteroatoms. The van der Waals surface area contributed by atoms with Crippen LogP contribution >= 0.6 is 0 Å². The van der Waals surface area contributed by atoms with Gasteiger partial charge in [-0.2, -0.15) is 13.2 Å². The molecule has 0 aliphatic heterocycles. The molecule has 0 saturated carbocycles. The highest BCUT2D eigenvalue weighted by molar-refractivity contribution is 5.25. The molecule has 1 aromatic carbocycles. The Hall–Kier alpha value is -1.82. The van der Waals surface area contributed by atoms with Crippen LogP contribution in [0.5, 0.6) is 0 Å². The third kappa shape index (κ3) is 3.57. The lowest BCUT2D eigenvalue weighted by molar-refractivity contribution is -0.137. The van der Waals surface area contributed by atoms with Gasteiger partial charge in [-0.05, 0) is 11.6 Å². The molecular formula is C13H14F3N3. The monoisotopic (exact) mass is 269 g/mol. The summed E-state index contributed by atoms with van der Waals surface area (Å²) in [6, 6.07) is 5.33. The summed E-state index contributed by atoms with van der Waals surface area (Å²) < 4.78 is 39.5. The van der Waals surface area contributed by atoms with E-state index >= 15 is 0 Å². The quantitative estimate of drug-likeness (QED) is 0.925. The molecule has 0 radical (unpaired) electrons. The summed E-state index contributed by atoms with van der Waals surface area (Å²) in [6.07, 6.45) is -0.890. The molecule has 0 saturated heterocycles. The molecule has 2 rings (SSSR count). The summed E-state index contributed by atoms with van der Waals surface area (Å²) in [5, 5.41) is 3.10. The van der Waals surface area contributed by atoms with E-state index in [0.717, 1.165) is 17.8 Å². The summed E-state index contributed by atoms with van der Waals surface area (Å²) in [7, 11) is 1.87. The Bertz CT molecular complexity index is 546. The van der Waals surface area contributed by atoms with E-state index in [4.69, 9.17) is 0 Å². The van der Waals surface area contributed by atoms with Crippen LogP contribution in [0.1, 0.15) is 16.8 Å². The molecular weight excluding hydrogens is 255 g/mol. The van der Waals surface area contributed by atoms with Crippen molar-refractivity contribution in [3.8, 4) is 0 Å². The summed E-state index contributed by atoms with van der Waals surface area (Å²) in [4.78, 5) is 3.97. The summed E-state index contributed by atoms with van der Waals surface area (Å²) >= 11 is 0. The van der Waals surface area contributed by atoms with Crippen molar-refractivity contribution < 1.29 is 13.2 Å². The van der Waals surface area contributed by atoms with Gasteiger partial charge in [0.1, 0.15) is 0 Å². The number of benzene rings is 1. The Labute approximate surface area is 109 Å². The molecule has 0 bridgehead atoms. The Morgan fingerprint density at radius 3 is 2.68 bits per heavy atom. The molecule has 1 heterocycles. The van der Waals surface area contributed by atoms with Crippen molar-refractivity contribution in [2.75, 3.05) is 0 Å². The Kier molecular flexibility index (Phi) is 3.90. The maximum absolute atomic E-state index is 12.5. The number of hydrogen-bond donors (Lipinski definition) is 1. The van der Waals surface area contributed by atoms with Gasteiger partial charge in [0.15, 0.2) is 0 Å². The van der Waals surface area contributed by atoms with E-state index in [1.165, 1.54) is 6.07 Å². The number of nitrogens with zero attached hydrogens (tertiary/aromatic N) is 2. The van der Waals surface area contributed by atoms with Crippen molar-refractivity contribution in [3.05, 3.63) is 53.6 Å². The number of imidazole rings is 1. The van der Waals surface area contributed by atoms with Crippen LogP contribution in [0.15, 0.2) is 36.8 Å². The molecule has 3 nitrogen and oxygen atoms in total. The number of halogens is 3. The van der Waals surface area contributed by atoms with E-state index in [0.29, 0.717) is 18.7 Å². The van der Waals surface area contributed by atoms with Crippen molar-refractivity contribution in [3.63, 3.8) is 0 Å². The van der Waals surface area contributed by atoms with Crippen molar-refractivity contribution in [2.24, 2.45) is 7.05 Å². The van der Waals surface area contributed by atoms with E-state index < -0.39 is 11.7 Å². The van der Waals surface area contributed by atoms with Crippen molar-refractivity contribution in [1.82, 2.24) is 14.9 Å². The fourth-order valence-corrected chi connectivity index (χ4v) is 1.75. The summed E-state index contributed by atoms with van der Waals surface area (Å²) in [5.41, 5.74) is 0.969. The van der Waals surface area contributed by atoms with E-state index in [1.807, 2.05) is 11.6 Å². The molecule has 0 fully saturated rings. The lowest BCUT2D eigenvalue weighted by Crippen LogP contribution is -2.15. The maximum Gasteiger partial charge on any atom is 0.416 e. The first-order valence-electron chi connectivity index (χ1n) is 5.79. The van der Waals surface area contributed by atoms with Gasteiger partial charge in [0.05, 0.1) is 17.6 Å². The average molecular weight is 269 g/mol. The first kappa shape index (κ1) is 13.6. The largest absolute Gasteiger partial charge is 0.416 e. The smallest absolute Gasteiger partial charge is 0.337 e. The highest BCUT2D eigenvalue weighted by atomic mass is 19.4. The second-order valence-corrected chi connectivity index (χ2v) is 4.30. The standard InChI is InChI=1S/C13H14F3N3/c1-19-9-18-8-12(19)7-17-6-10-3-2-4-11(5-10)13(14,15)16/h2-5,8-9,17H,6-7H2,1H3. The minimum Gasteiger partial charge on any atom is -0.337 e. The van der Waals surface area contributed by atoms with Crippen molar-refractivity contribution in [1.29, 1.82) is 0 Å². The topological polar surface area (TPSA) is 29.9 Å². The third-order valence-corrected chi connectivity index (χ3v) is 2.81. The minimum atomic E-state index is -4.29. The zero-order valence-corrected chi connectivity index (χ0v) is 10.4. The highest BCUT2D eigenvalue weighted by Crippen LogP contribution is 2.29. The number of aryl methyl sites for hydroxylation is 1. The normalized spacial score (nSPS) is 11.8. The van der Waals surface area contributed by atoms with Crippen LogP contribution in [-0.4, -0.2) is 9.55 Å². The van der Waals surface area contributed by atoms with Gasteiger partial charge >= 0.3 is 6.18 Å². The Balaban J connectivity index is 1.95. The van der Waals surface area contributed by atoms with Gasteiger partial charge in [-0.1, -0.05) is 18.2 Å². The summed E-state index contributed by atoms with van der Waals surface area (Å²) in [6.45, 7) is 0.946. The van der Waals surface area contributed by atoms with Crippen LogP contribution in [0.4, 0.5) is 13.2 Å². The average Bonchev–Trinajstić information content (AvgIpc) is 2.75. The van der Waals surface area contributed by atoms with Crippen molar-refractivity contribution in [2.45, 2.75) is 19.3 Å². The second kappa shape index (κ2) is 5.44. The van der Waals surface area contributed by atoms with E-state index in [-0.39, 0.29) is 0 Å². The molecule has 1 N–H and O–H groups in total. The predicted octanol–water partition coefficient (Wildman–Crippen LogP) is 2.73. The zero-order valence-electron chi connectivity index (χ0n) is 10.4. The van der Waals surface area contributed by atoms with Crippen LogP contribution in [-0.2, 0) is 26.3 Å². The van der Waals surface area contributed by atoms with E-state index in [9.17, 15) is 13.2 Å².